The zero-order valence-electron chi connectivity index (χ0n) is 23.6. The summed E-state index contributed by atoms with van der Waals surface area (Å²) in [5.41, 5.74) is 2.29. The average Bonchev–Trinajstić information content (AvgIpc) is 3.52. The summed E-state index contributed by atoms with van der Waals surface area (Å²) < 4.78 is 23.8. The summed E-state index contributed by atoms with van der Waals surface area (Å²) in [7, 11) is 4.50. The summed E-state index contributed by atoms with van der Waals surface area (Å²) in [4.78, 5) is 30.8. The van der Waals surface area contributed by atoms with Crippen LogP contribution in [0.1, 0.15) is 22.9 Å². The van der Waals surface area contributed by atoms with Crippen LogP contribution in [0.15, 0.2) is 54.2 Å². The molecule has 216 valence electrons. The first-order chi connectivity index (χ1) is 19.9. The molecule has 0 saturated carbocycles. The number of benzene rings is 2. The van der Waals surface area contributed by atoms with Crippen LogP contribution in [0.3, 0.4) is 0 Å². The predicted molar refractivity (Wildman–Crippen MR) is 151 cm³/mol. The van der Waals surface area contributed by atoms with E-state index in [1.807, 2.05) is 30.3 Å². The van der Waals surface area contributed by atoms with Crippen molar-refractivity contribution in [3.8, 4) is 22.9 Å². The first-order valence-corrected chi connectivity index (χ1v) is 13.4. The number of hydrogen-bond donors (Lipinski definition) is 1. The molecule has 41 heavy (non-hydrogen) atoms. The second kappa shape index (κ2) is 12.0. The predicted octanol–water partition coefficient (Wildman–Crippen LogP) is 2.96. The second-order valence-electron chi connectivity index (χ2n) is 9.80. The number of nitrogens with zero attached hydrogens (tertiary/aromatic N) is 4. The molecule has 1 aromatic heterocycles. The molecule has 3 heterocycles. The van der Waals surface area contributed by atoms with Gasteiger partial charge in [-0.3, -0.25) is 14.5 Å². The van der Waals surface area contributed by atoms with Crippen molar-refractivity contribution in [1.82, 2.24) is 19.6 Å². The van der Waals surface area contributed by atoms with Gasteiger partial charge in [-0.25, -0.2) is 4.68 Å². The second-order valence-corrected chi connectivity index (χ2v) is 9.80. The number of aliphatic hydroxyl groups is 1. The maximum Gasteiger partial charge on any atom is 0.295 e. The number of amides is 1. The number of aliphatic hydroxyl groups excluding tert-OH is 1. The molecule has 2 aliphatic rings. The monoisotopic (exact) mass is 562 g/mol. The SMILES string of the molecule is COc1cc([C@H]2/C(=C(\O)c3cnn(-c4ccccc4)c3C)C(=O)C(=O)N2CCN2CCOCC2)cc(OC)c1OC. The van der Waals surface area contributed by atoms with E-state index in [9.17, 15) is 14.7 Å². The van der Waals surface area contributed by atoms with Gasteiger partial charge < -0.3 is 29.0 Å². The quantitative estimate of drug-likeness (QED) is 0.239. The van der Waals surface area contributed by atoms with Gasteiger partial charge in [-0.05, 0) is 36.8 Å². The normalized spacial score (nSPS) is 19.0. The number of carbonyl (C=O) groups is 2. The van der Waals surface area contributed by atoms with Crippen LogP contribution in [0.5, 0.6) is 17.2 Å². The molecule has 0 spiro atoms. The number of methoxy groups -OCH3 is 3. The molecule has 0 aliphatic carbocycles. The van der Waals surface area contributed by atoms with E-state index in [-0.39, 0.29) is 17.9 Å². The van der Waals surface area contributed by atoms with Gasteiger partial charge in [-0.15, -0.1) is 0 Å². The lowest BCUT2D eigenvalue weighted by atomic mass is 9.94. The molecular weight excluding hydrogens is 528 g/mol. The summed E-state index contributed by atoms with van der Waals surface area (Å²) in [6.45, 7) is 5.30. The maximum absolute atomic E-state index is 13.6. The van der Waals surface area contributed by atoms with Crippen LogP contribution < -0.4 is 14.2 Å². The molecule has 2 aliphatic heterocycles. The Labute approximate surface area is 238 Å². The van der Waals surface area contributed by atoms with Crippen molar-refractivity contribution >= 4 is 17.4 Å². The molecule has 3 aromatic rings. The summed E-state index contributed by atoms with van der Waals surface area (Å²) in [6.07, 6.45) is 1.51. The van der Waals surface area contributed by atoms with Crippen molar-refractivity contribution in [2.24, 2.45) is 0 Å². The van der Waals surface area contributed by atoms with E-state index in [0.29, 0.717) is 53.8 Å². The zero-order chi connectivity index (χ0) is 29.1. The van der Waals surface area contributed by atoms with Gasteiger partial charge in [0, 0.05) is 26.2 Å². The summed E-state index contributed by atoms with van der Waals surface area (Å²) in [5, 5.41) is 16.1. The van der Waals surface area contributed by atoms with Crippen LogP contribution in [0, 0.1) is 6.92 Å². The fraction of sp³-hybridized carbons (Fsp3) is 0.367. The number of morpholine rings is 1. The molecule has 1 atom stereocenters. The van der Waals surface area contributed by atoms with Gasteiger partial charge in [0.25, 0.3) is 11.7 Å². The van der Waals surface area contributed by atoms with Gasteiger partial charge in [0.2, 0.25) is 5.75 Å². The highest BCUT2D eigenvalue weighted by atomic mass is 16.5. The molecule has 2 saturated heterocycles. The highest BCUT2D eigenvalue weighted by Crippen LogP contribution is 2.45. The topological polar surface area (TPSA) is 116 Å². The van der Waals surface area contributed by atoms with E-state index in [1.54, 1.807) is 23.7 Å². The Balaban J connectivity index is 1.63. The minimum absolute atomic E-state index is 0.0260. The Morgan fingerprint density at radius 3 is 2.27 bits per heavy atom. The smallest absolute Gasteiger partial charge is 0.295 e. The lowest BCUT2D eigenvalue weighted by molar-refractivity contribution is -0.140. The molecule has 11 heteroatoms. The fourth-order valence-corrected chi connectivity index (χ4v) is 5.41. The van der Waals surface area contributed by atoms with E-state index in [0.717, 1.165) is 18.8 Å². The lowest BCUT2D eigenvalue weighted by Crippen LogP contribution is -2.42. The van der Waals surface area contributed by atoms with Crippen LogP contribution in [0.25, 0.3) is 11.4 Å². The third-order valence-electron chi connectivity index (χ3n) is 7.57. The Kier molecular flexibility index (Phi) is 8.27. The molecular formula is C30H34N4O7. The largest absolute Gasteiger partial charge is 0.507 e. The van der Waals surface area contributed by atoms with Gasteiger partial charge in [-0.2, -0.15) is 5.10 Å². The summed E-state index contributed by atoms with van der Waals surface area (Å²) in [6, 6.07) is 12.0. The lowest BCUT2D eigenvalue weighted by Gasteiger charge is -2.31. The molecule has 11 nitrogen and oxygen atoms in total. The minimum atomic E-state index is -0.899. The van der Waals surface area contributed by atoms with Crippen molar-refractivity contribution in [2.75, 3.05) is 60.7 Å². The molecule has 0 bridgehead atoms. The number of likely N-dealkylation sites (tertiary alicyclic amines) is 1. The van der Waals surface area contributed by atoms with Gasteiger partial charge in [0.1, 0.15) is 5.76 Å². The summed E-state index contributed by atoms with van der Waals surface area (Å²) in [5.74, 6) is -0.635. The first-order valence-electron chi connectivity index (χ1n) is 13.4. The van der Waals surface area contributed by atoms with Gasteiger partial charge in [-0.1, -0.05) is 18.2 Å². The Bertz CT molecular complexity index is 1440. The average molecular weight is 563 g/mol. The number of Topliss-reactive ketones (excluding diaryl/α,β-unsaturated/α-hetero) is 1. The van der Waals surface area contributed by atoms with E-state index >= 15 is 0 Å². The Morgan fingerprint density at radius 2 is 1.66 bits per heavy atom. The van der Waals surface area contributed by atoms with Crippen molar-refractivity contribution in [3.05, 3.63) is 71.1 Å². The molecule has 2 aromatic carbocycles. The highest BCUT2D eigenvalue weighted by Gasteiger charge is 2.47. The Morgan fingerprint density at radius 1 is 1.00 bits per heavy atom. The van der Waals surface area contributed by atoms with Crippen LogP contribution in [0.4, 0.5) is 0 Å². The van der Waals surface area contributed by atoms with Crippen molar-refractivity contribution in [2.45, 2.75) is 13.0 Å². The van der Waals surface area contributed by atoms with Crippen molar-refractivity contribution in [3.63, 3.8) is 0 Å². The number of para-hydroxylation sites is 1. The number of rotatable bonds is 9. The number of carbonyl (C=O) groups excluding carboxylic acids is 2. The van der Waals surface area contributed by atoms with E-state index in [4.69, 9.17) is 18.9 Å². The van der Waals surface area contributed by atoms with Gasteiger partial charge in [0.15, 0.2) is 11.5 Å². The first kappa shape index (κ1) is 28.2. The van der Waals surface area contributed by atoms with Gasteiger partial charge in [0.05, 0.1) is 69.3 Å². The fourth-order valence-electron chi connectivity index (χ4n) is 5.41. The maximum atomic E-state index is 13.6. The van der Waals surface area contributed by atoms with Crippen LogP contribution in [-0.4, -0.2) is 97.1 Å². The van der Waals surface area contributed by atoms with Crippen LogP contribution >= 0.6 is 0 Å². The number of aromatic nitrogens is 2. The van der Waals surface area contributed by atoms with Gasteiger partial charge >= 0.3 is 0 Å². The van der Waals surface area contributed by atoms with Crippen molar-refractivity contribution in [1.29, 1.82) is 0 Å². The van der Waals surface area contributed by atoms with Crippen molar-refractivity contribution < 1.29 is 33.6 Å². The molecule has 2 fully saturated rings. The standard InChI is InChI=1S/C30H34N4O7/c1-19-22(18-31-34(19)21-8-6-5-7-9-21)27(35)25-26(20-16-23(38-2)29(40-4)24(17-20)39-3)33(30(37)28(25)36)11-10-32-12-14-41-15-13-32/h5-9,16-18,26,35H,10-15H2,1-4H3/b27-25+/t26-/m0/s1. The number of hydrogen-bond acceptors (Lipinski definition) is 9. The van der Waals surface area contributed by atoms with Crippen LogP contribution in [-0.2, 0) is 14.3 Å². The molecule has 1 amide bonds. The highest BCUT2D eigenvalue weighted by molar-refractivity contribution is 6.46. The van der Waals surface area contributed by atoms with E-state index in [2.05, 4.69) is 10.00 Å². The molecule has 0 unspecified atom stereocenters. The summed E-state index contributed by atoms with van der Waals surface area (Å²) >= 11 is 0. The third-order valence-corrected chi connectivity index (χ3v) is 7.57. The molecule has 0 radical (unpaired) electrons. The van der Waals surface area contributed by atoms with E-state index in [1.165, 1.54) is 32.4 Å². The van der Waals surface area contributed by atoms with Crippen LogP contribution in [0.2, 0.25) is 0 Å². The number of ether oxygens (including phenoxy) is 4. The van der Waals surface area contributed by atoms with E-state index < -0.39 is 17.7 Å². The Hall–Kier alpha value is -4.35. The molecule has 1 N–H and O–H groups in total. The third kappa shape index (κ3) is 5.25. The number of ketones is 1. The zero-order valence-corrected chi connectivity index (χ0v) is 23.6. The molecule has 5 rings (SSSR count). The minimum Gasteiger partial charge on any atom is -0.507 e.